The molecular weight excluding hydrogens is 382 g/mol. The highest BCUT2D eigenvalue weighted by Gasteiger charge is 2.33. The Balaban J connectivity index is 1.67. The summed E-state index contributed by atoms with van der Waals surface area (Å²) in [6.07, 6.45) is 6.56. The molecular formula is C24H28NO5+. The molecule has 2 aromatic carbocycles. The Kier molecular flexibility index (Phi) is 5.95. The second-order valence-corrected chi connectivity index (χ2v) is 7.80. The van der Waals surface area contributed by atoms with Gasteiger partial charge in [-0.1, -0.05) is 12.1 Å². The highest BCUT2D eigenvalue weighted by Crippen LogP contribution is 2.40. The second-order valence-electron chi connectivity index (χ2n) is 7.80. The van der Waals surface area contributed by atoms with Crippen LogP contribution in [0.3, 0.4) is 0 Å². The summed E-state index contributed by atoms with van der Waals surface area (Å²) in [6.45, 7) is 2.79. The summed E-state index contributed by atoms with van der Waals surface area (Å²) in [4.78, 5) is 14.4. The second kappa shape index (κ2) is 8.79. The fraction of sp³-hybridized carbons (Fsp3) is 0.375. The zero-order valence-electron chi connectivity index (χ0n) is 17.5. The predicted molar refractivity (Wildman–Crippen MR) is 113 cm³/mol. The number of quaternary nitrogens is 1. The van der Waals surface area contributed by atoms with Gasteiger partial charge in [-0.05, 0) is 50.0 Å². The number of allylic oxidation sites excluding steroid dienone is 1. The molecule has 0 atom stereocenters. The van der Waals surface area contributed by atoms with E-state index in [-0.39, 0.29) is 17.3 Å². The van der Waals surface area contributed by atoms with Crippen molar-refractivity contribution in [2.45, 2.75) is 32.2 Å². The van der Waals surface area contributed by atoms with Gasteiger partial charge in [0.2, 0.25) is 5.78 Å². The number of para-hydroxylation sites is 1. The van der Waals surface area contributed by atoms with Crippen molar-refractivity contribution >= 4 is 11.9 Å². The van der Waals surface area contributed by atoms with E-state index in [0.29, 0.717) is 40.5 Å². The Morgan fingerprint density at radius 1 is 1.07 bits per heavy atom. The molecule has 0 spiro atoms. The maximum absolute atomic E-state index is 13.0. The molecule has 1 saturated heterocycles. The number of hydrogen-bond acceptors (Lipinski definition) is 5. The van der Waals surface area contributed by atoms with Crippen molar-refractivity contribution in [1.29, 1.82) is 0 Å². The van der Waals surface area contributed by atoms with E-state index in [1.54, 1.807) is 38.5 Å². The van der Waals surface area contributed by atoms with Crippen LogP contribution in [0.2, 0.25) is 0 Å². The summed E-state index contributed by atoms with van der Waals surface area (Å²) >= 11 is 0. The molecule has 0 bridgehead atoms. The van der Waals surface area contributed by atoms with Gasteiger partial charge in [0.1, 0.15) is 12.3 Å². The monoisotopic (exact) mass is 410 g/mol. The van der Waals surface area contributed by atoms with Gasteiger partial charge in [0.25, 0.3) is 0 Å². The first-order chi connectivity index (χ1) is 14.6. The minimum atomic E-state index is -0.193. The van der Waals surface area contributed by atoms with Crippen molar-refractivity contribution in [2.24, 2.45) is 0 Å². The Bertz CT molecular complexity index is 974. The number of nitrogens with one attached hydrogen (secondary N) is 1. The van der Waals surface area contributed by atoms with Crippen LogP contribution in [-0.4, -0.2) is 38.2 Å². The van der Waals surface area contributed by atoms with E-state index in [0.717, 1.165) is 13.1 Å². The maximum Gasteiger partial charge on any atom is 0.231 e. The van der Waals surface area contributed by atoms with E-state index in [1.165, 1.54) is 30.6 Å². The van der Waals surface area contributed by atoms with Crippen molar-refractivity contribution in [2.75, 3.05) is 27.3 Å². The third kappa shape index (κ3) is 3.87. The van der Waals surface area contributed by atoms with Crippen LogP contribution in [0.1, 0.15) is 47.2 Å². The van der Waals surface area contributed by atoms with Crippen LogP contribution in [0.15, 0.2) is 36.1 Å². The Hall–Kier alpha value is -2.99. The van der Waals surface area contributed by atoms with E-state index in [1.807, 2.05) is 12.1 Å². The molecule has 0 radical (unpaired) electrons. The van der Waals surface area contributed by atoms with Gasteiger partial charge < -0.3 is 24.2 Å². The van der Waals surface area contributed by atoms with Crippen molar-refractivity contribution in [3.05, 3.63) is 52.8 Å². The number of carbonyl (C=O) groups excluding carboxylic acids is 1. The number of fused-ring (bicyclic) bond motifs is 1. The first-order valence-corrected chi connectivity index (χ1v) is 10.5. The average Bonchev–Trinajstić information content (AvgIpc) is 2.92. The molecule has 0 unspecified atom stereocenters. The summed E-state index contributed by atoms with van der Waals surface area (Å²) < 4.78 is 16.8. The van der Waals surface area contributed by atoms with Crippen LogP contribution >= 0.6 is 0 Å². The molecule has 6 nitrogen and oxygen atoms in total. The molecule has 0 aromatic heterocycles. The zero-order valence-corrected chi connectivity index (χ0v) is 17.5. The number of likely N-dealkylation sites (tertiary alicyclic amines) is 1. The molecule has 2 aliphatic rings. The van der Waals surface area contributed by atoms with Crippen LogP contribution in [0.5, 0.6) is 23.0 Å². The number of carbonyl (C=O) groups is 1. The Morgan fingerprint density at radius 3 is 2.53 bits per heavy atom. The highest BCUT2D eigenvalue weighted by atomic mass is 16.5. The number of phenolic OH excluding ortho intramolecular Hbond substituents is 1. The predicted octanol–water partition coefficient (Wildman–Crippen LogP) is 2.98. The normalized spacial score (nSPS) is 18.1. The van der Waals surface area contributed by atoms with Crippen LogP contribution in [0, 0.1) is 0 Å². The number of ether oxygens (including phenoxy) is 3. The molecule has 2 N–H and O–H groups in total. The summed E-state index contributed by atoms with van der Waals surface area (Å²) in [7, 11) is 3.13. The number of aromatic hydroxyl groups is 1. The summed E-state index contributed by atoms with van der Waals surface area (Å²) in [6, 6.07) is 8.71. The molecule has 1 fully saturated rings. The molecule has 30 heavy (non-hydrogen) atoms. The van der Waals surface area contributed by atoms with Crippen LogP contribution in [0.4, 0.5) is 0 Å². The minimum absolute atomic E-state index is 0.179. The first kappa shape index (κ1) is 20.3. The first-order valence-electron chi connectivity index (χ1n) is 10.5. The molecule has 0 amide bonds. The van der Waals surface area contributed by atoms with E-state index < -0.39 is 0 Å². The summed E-state index contributed by atoms with van der Waals surface area (Å²) in [5.41, 5.74) is 1.89. The SMILES string of the molecule is COc1cccc(/C=C2/Oc3c(ccc(O)c3C[NH+]3CCCCCC3)C2=O)c1OC. The van der Waals surface area contributed by atoms with Crippen LogP contribution in [-0.2, 0) is 6.54 Å². The van der Waals surface area contributed by atoms with E-state index in [4.69, 9.17) is 14.2 Å². The van der Waals surface area contributed by atoms with Gasteiger partial charge >= 0.3 is 0 Å². The van der Waals surface area contributed by atoms with E-state index >= 15 is 0 Å². The Morgan fingerprint density at radius 2 is 1.83 bits per heavy atom. The van der Waals surface area contributed by atoms with Crippen LogP contribution in [0.25, 0.3) is 6.08 Å². The van der Waals surface area contributed by atoms with E-state index in [2.05, 4.69) is 0 Å². The van der Waals surface area contributed by atoms with Crippen molar-refractivity contribution < 1.29 is 29.0 Å². The molecule has 0 aliphatic carbocycles. The molecule has 2 aromatic rings. The van der Waals surface area contributed by atoms with Crippen LogP contribution < -0.4 is 19.1 Å². The van der Waals surface area contributed by atoms with Gasteiger partial charge in [-0.15, -0.1) is 0 Å². The third-order valence-electron chi connectivity index (χ3n) is 5.87. The molecule has 2 heterocycles. The van der Waals surface area contributed by atoms with Gasteiger partial charge in [-0.3, -0.25) is 4.79 Å². The lowest BCUT2D eigenvalue weighted by Crippen LogP contribution is -3.10. The standard InChI is InChI=1S/C24H27NO5/c1-28-20-9-7-8-16(23(20)29-2)14-21-22(27)17-10-11-19(26)18(24(17)30-21)15-25-12-5-3-4-6-13-25/h7-11,14,26H,3-6,12-13,15H2,1-2H3/p+1/b21-14+. The smallest absolute Gasteiger partial charge is 0.231 e. The lowest BCUT2D eigenvalue weighted by molar-refractivity contribution is -0.913. The number of hydrogen-bond donors (Lipinski definition) is 2. The van der Waals surface area contributed by atoms with Crippen molar-refractivity contribution in [3.8, 4) is 23.0 Å². The largest absolute Gasteiger partial charge is 0.507 e. The number of rotatable bonds is 5. The highest BCUT2D eigenvalue weighted by molar-refractivity contribution is 6.15. The molecule has 158 valence electrons. The zero-order chi connectivity index (χ0) is 21.1. The number of Topliss-reactive ketones (excluding diaryl/α,β-unsaturated/α-hetero) is 1. The van der Waals surface area contributed by atoms with Gasteiger partial charge in [-0.2, -0.15) is 0 Å². The van der Waals surface area contributed by atoms with Crippen molar-refractivity contribution in [3.63, 3.8) is 0 Å². The van der Waals surface area contributed by atoms with E-state index in [9.17, 15) is 9.90 Å². The number of phenols is 1. The lowest BCUT2D eigenvalue weighted by Gasteiger charge is -2.19. The Labute approximate surface area is 176 Å². The van der Waals surface area contributed by atoms with Gasteiger partial charge in [0.15, 0.2) is 23.0 Å². The number of methoxy groups -OCH3 is 2. The molecule has 6 heteroatoms. The molecule has 0 saturated carbocycles. The third-order valence-corrected chi connectivity index (χ3v) is 5.87. The fourth-order valence-corrected chi connectivity index (χ4v) is 4.29. The van der Waals surface area contributed by atoms with Gasteiger partial charge in [0, 0.05) is 5.56 Å². The number of ketones is 1. The molecule has 2 aliphatic heterocycles. The minimum Gasteiger partial charge on any atom is -0.507 e. The summed E-state index contributed by atoms with van der Waals surface area (Å²) in [5, 5.41) is 10.5. The van der Waals surface area contributed by atoms with Gasteiger partial charge in [0.05, 0.1) is 38.4 Å². The van der Waals surface area contributed by atoms with Gasteiger partial charge in [-0.25, -0.2) is 0 Å². The maximum atomic E-state index is 13.0. The summed E-state index contributed by atoms with van der Waals surface area (Å²) in [5.74, 6) is 1.80. The lowest BCUT2D eigenvalue weighted by atomic mass is 10.0. The van der Waals surface area contributed by atoms with Crippen molar-refractivity contribution in [1.82, 2.24) is 0 Å². The average molecular weight is 410 g/mol. The fourth-order valence-electron chi connectivity index (χ4n) is 4.29. The number of benzene rings is 2. The molecule has 4 rings (SSSR count). The quantitative estimate of drug-likeness (QED) is 0.742. The topological polar surface area (TPSA) is 69.4 Å².